The standard InChI is InChI=1S/C18H21NO2S/c1-2-11-21-18(20)16-7-3-14(4-8-16)12-22-13-15-5-9-17(19)10-6-15/h3-10H,2,11-13,19H2,1H3. The molecule has 0 bridgehead atoms. The van der Waals surface area contributed by atoms with Crippen LogP contribution in [0.4, 0.5) is 5.69 Å². The van der Waals surface area contributed by atoms with Gasteiger partial charge in [-0.1, -0.05) is 31.2 Å². The SMILES string of the molecule is CCCOC(=O)c1ccc(CSCc2ccc(N)cc2)cc1. The van der Waals surface area contributed by atoms with E-state index in [0.717, 1.165) is 23.6 Å². The molecule has 0 fully saturated rings. The zero-order chi connectivity index (χ0) is 15.8. The molecule has 4 heteroatoms. The third-order valence-corrected chi connectivity index (χ3v) is 4.22. The van der Waals surface area contributed by atoms with Crippen molar-refractivity contribution in [3.8, 4) is 0 Å². The van der Waals surface area contributed by atoms with Crippen molar-refractivity contribution in [1.29, 1.82) is 0 Å². The second-order valence-electron chi connectivity index (χ2n) is 5.07. The fourth-order valence-electron chi connectivity index (χ4n) is 1.92. The van der Waals surface area contributed by atoms with Crippen molar-refractivity contribution in [2.24, 2.45) is 0 Å². The van der Waals surface area contributed by atoms with Crippen LogP contribution in [0, 0.1) is 0 Å². The molecule has 3 nitrogen and oxygen atoms in total. The fraction of sp³-hybridized carbons (Fsp3) is 0.278. The van der Waals surface area contributed by atoms with Gasteiger partial charge in [0.2, 0.25) is 0 Å². The van der Waals surface area contributed by atoms with Crippen LogP contribution in [-0.4, -0.2) is 12.6 Å². The number of anilines is 1. The summed E-state index contributed by atoms with van der Waals surface area (Å²) >= 11 is 1.84. The van der Waals surface area contributed by atoms with E-state index in [2.05, 4.69) is 12.1 Å². The Morgan fingerprint density at radius 2 is 1.55 bits per heavy atom. The van der Waals surface area contributed by atoms with Crippen molar-refractivity contribution in [3.63, 3.8) is 0 Å². The van der Waals surface area contributed by atoms with Crippen molar-refractivity contribution >= 4 is 23.4 Å². The van der Waals surface area contributed by atoms with E-state index in [1.54, 1.807) is 0 Å². The van der Waals surface area contributed by atoms with E-state index in [1.807, 2.05) is 55.1 Å². The third-order valence-electron chi connectivity index (χ3n) is 3.14. The molecule has 0 aliphatic heterocycles. The lowest BCUT2D eigenvalue weighted by molar-refractivity contribution is 0.0505. The summed E-state index contributed by atoms with van der Waals surface area (Å²) in [6.45, 7) is 2.45. The van der Waals surface area contributed by atoms with Gasteiger partial charge in [0.15, 0.2) is 0 Å². The van der Waals surface area contributed by atoms with Gasteiger partial charge < -0.3 is 10.5 Å². The van der Waals surface area contributed by atoms with Crippen LogP contribution in [0.2, 0.25) is 0 Å². The van der Waals surface area contributed by atoms with Crippen LogP contribution in [0.3, 0.4) is 0 Å². The molecule has 0 aliphatic carbocycles. The van der Waals surface area contributed by atoms with Gasteiger partial charge in [-0.3, -0.25) is 0 Å². The lowest BCUT2D eigenvalue weighted by Gasteiger charge is -2.05. The number of benzene rings is 2. The molecule has 0 radical (unpaired) electrons. The predicted molar refractivity (Wildman–Crippen MR) is 92.9 cm³/mol. The highest BCUT2D eigenvalue weighted by Crippen LogP contribution is 2.19. The Morgan fingerprint density at radius 1 is 1.00 bits per heavy atom. The minimum absolute atomic E-state index is 0.247. The molecule has 0 unspecified atom stereocenters. The average Bonchev–Trinajstić information content (AvgIpc) is 2.55. The number of hydrogen-bond acceptors (Lipinski definition) is 4. The Labute approximate surface area is 135 Å². The molecule has 0 saturated heterocycles. The summed E-state index contributed by atoms with van der Waals surface area (Å²) in [4.78, 5) is 11.7. The second-order valence-corrected chi connectivity index (χ2v) is 6.05. The third kappa shape index (κ3) is 5.11. The number of esters is 1. The molecule has 2 rings (SSSR count). The minimum atomic E-state index is -0.247. The van der Waals surface area contributed by atoms with Gasteiger partial charge in [-0.25, -0.2) is 4.79 Å². The smallest absolute Gasteiger partial charge is 0.338 e. The summed E-state index contributed by atoms with van der Waals surface area (Å²) in [6, 6.07) is 15.6. The average molecular weight is 315 g/mol. The number of hydrogen-bond donors (Lipinski definition) is 1. The van der Waals surface area contributed by atoms with Crippen LogP contribution in [0.1, 0.15) is 34.8 Å². The number of ether oxygens (including phenoxy) is 1. The van der Waals surface area contributed by atoms with E-state index in [9.17, 15) is 4.79 Å². The van der Waals surface area contributed by atoms with Gasteiger partial charge in [0, 0.05) is 17.2 Å². The summed E-state index contributed by atoms with van der Waals surface area (Å²) in [7, 11) is 0. The highest BCUT2D eigenvalue weighted by atomic mass is 32.2. The highest BCUT2D eigenvalue weighted by molar-refractivity contribution is 7.97. The Morgan fingerprint density at radius 3 is 2.09 bits per heavy atom. The summed E-state index contributed by atoms with van der Waals surface area (Å²) < 4.78 is 5.11. The number of carbonyl (C=O) groups is 1. The first kappa shape index (κ1) is 16.4. The van der Waals surface area contributed by atoms with Crippen molar-refractivity contribution in [2.75, 3.05) is 12.3 Å². The molecule has 0 spiro atoms. The van der Waals surface area contributed by atoms with E-state index in [1.165, 1.54) is 11.1 Å². The lowest BCUT2D eigenvalue weighted by atomic mass is 10.1. The zero-order valence-electron chi connectivity index (χ0n) is 12.7. The second kappa shape index (κ2) is 8.49. The van der Waals surface area contributed by atoms with Crippen LogP contribution < -0.4 is 5.73 Å². The van der Waals surface area contributed by atoms with Crippen LogP contribution in [-0.2, 0) is 16.2 Å². The quantitative estimate of drug-likeness (QED) is 0.612. The Kier molecular flexibility index (Phi) is 6.34. The molecule has 0 aromatic heterocycles. The lowest BCUT2D eigenvalue weighted by Crippen LogP contribution is -2.05. The van der Waals surface area contributed by atoms with Crippen LogP contribution >= 0.6 is 11.8 Å². The van der Waals surface area contributed by atoms with Crippen molar-refractivity contribution in [3.05, 3.63) is 65.2 Å². The van der Waals surface area contributed by atoms with E-state index in [0.29, 0.717) is 12.2 Å². The van der Waals surface area contributed by atoms with E-state index >= 15 is 0 Å². The maximum absolute atomic E-state index is 11.7. The summed E-state index contributed by atoms with van der Waals surface area (Å²) in [5.74, 6) is 1.61. The zero-order valence-corrected chi connectivity index (χ0v) is 13.6. The largest absolute Gasteiger partial charge is 0.462 e. The highest BCUT2D eigenvalue weighted by Gasteiger charge is 2.06. The maximum Gasteiger partial charge on any atom is 0.338 e. The van der Waals surface area contributed by atoms with Gasteiger partial charge in [0.05, 0.1) is 12.2 Å². The van der Waals surface area contributed by atoms with Gasteiger partial charge in [-0.05, 0) is 41.8 Å². The van der Waals surface area contributed by atoms with E-state index < -0.39 is 0 Å². The first-order valence-electron chi connectivity index (χ1n) is 7.37. The van der Waals surface area contributed by atoms with Crippen LogP contribution in [0.5, 0.6) is 0 Å². The van der Waals surface area contributed by atoms with Gasteiger partial charge in [-0.15, -0.1) is 0 Å². The first-order valence-corrected chi connectivity index (χ1v) is 8.52. The van der Waals surface area contributed by atoms with Gasteiger partial charge in [0.25, 0.3) is 0 Å². The summed E-state index contributed by atoms with van der Waals surface area (Å²) in [5.41, 5.74) is 9.54. The Bertz CT molecular complexity index is 593. The molecule has 2 N–H and O–H groups in total. The normalized spacial score (nSPS) is 10.4. The molecular formula is C18H21NO2S. The topological polar surface area (TPSA) is 52.3 Å². The Hall–Kier alpha value is -1.94. The number of nitrogen functional groups attached to an aromatic ring is 1. The molecule has 2 aromatic rings. The van der Waals surface area contributed by atoms with Crippen molar-refractivity contribution in [2.45, 2.75) is 24.9 Å². The predicted octanol–water partition coefficient (Wildman–Crippen LogP) is 4.27. The first-order chi connectivity index (χ1) is 10.7. The van der Waals surface area contributed by atoms with Gasteiger partial charge >= 0.3 is 5.97 Å². The van der Waals surface area contributed by atoms with Gasteiger partial charge in [0.1, 0.15) is 0 Å². The molecule has 0 amide bonds. The molecule has 116 valence electrons. The van der Waals surface area contributed by atoms with Gasteiger partial charge in [-0.2, -0.15) is 11.8 Å². The number of nitrogens with two attached hydrogens (primary N) is 1. The van der Waals surface area contributed by atoms with Crippen molar-refractivity contribution < 1.29 is 9.53 Å². The monoisotopic (exact) mass is 315 g/mol. The minimum Gasteiger partial charge on any atom is -0.462 e. The maximum atomic E-state index is 11.7. The van der Waals surface area contributed by atoms with E-state index in [4.69, 9.17) is 10.5 Å². The van der Waals surface area contributed by atoms with E-state index in [-0.39, 0.29) is 5.97 Å². The molecule has 0 atom stereocenters. The number of rotatable bonds is 7. The molecule has 0 aliphatic rings. The van der Waals surface area contributed by atoms with Crippen LogP contribution in [0.15, 0.2) is 48.5 Å². The molecule has 0 saturated carbocycles. The fourth-order valence-corrected chi connectivity index (χ4v) is 2.87. The number of thioether (sulfide) groups is 1. The molecule has 0 heterocycles. The van der Waals surface area contributed by atoms with Crippen molar-refractivity contribution in [1.82, 2.24) is 0 Å². The molecule has 2 aromatic carbocycles. The summed E-state index contributed by atoms with van der Waals surface area (Å²) in [5, 5.41) is 0. The Balaban J connectivity index is 1.81. The molecule has 22 heavy (non-hydrogen) atoms. The molecular weight excluding hydrogens is 294 g/mol. The van der Waals surface area contributed by atoms with Crippen LogP contribution in [0.25, 0.3) is 0 Å². The summed E-state index contributed by atoms with van der Waals surface area (Å²) in [6.07, 6.45) is 0.839. The number of carbonyl (C=O) groups excluding carboxylic acids is 1.